The summed E-state index contributed by atoms with van der Waals surface area (Å²) in [5.41, 5.74) is 7.43. The number of ether oxygens (including phenoxy) is 3. The van der Waals surface area contributed by atoms with Crippen LogP contribution in [-0.2, 0) is 74.7 Å². The third kappa shape index (κ3) is 31.9. The second kappa shape index (κ2) is 45.7. The van der Waals surface area contributed by atoms with Crippen molar-refractivity contribution in [3.05, 3.63) is 232 Å². The molecule has 12 nitrogen and oxygen atoms in total. The van der Waals surface area contributed by atoms with E-state index >= 15 is 0 Å². The molecule has 6 aromatic carbocycles. The molecule has 3 radical (unpaired) electrons. The van der Waals surface area contributed by atoms with Crippen LogP contribution >= 0.6 is 0 Å². The number of pyridine rings is 3. The van der Waals surface area contributed by atoms with E-state index in [2.05, 4.69) is 122 Å². The predicted molar refractivity (Wildman–Crippen MR) is 457 cm³/mol. The van der Waals surface area contributed by atoms with Crippen LogP contribution in [0.15, 0.2) is 169 Å². The first-order valence-electron chi connectivity index (χ1n) is 39.5. The number of fused-ring (bicyclic) bond motifs is 3. The second-order valence-electron chi connectivity index (χ2n) is 33.8. The van der Waals surface area contributed by atoms with Crippen molar-refractivity contribution in [2.75, 3.05) is 0 Å². The number of hydrogen-bond acceptors (Lipinski definition) is 12. The molecule has 0 unspecified atom stereocenters. The van der Waals surface area contributed by atoms with Gasteiger partial charge in [0.2, 0.25) is 17.6 Å². The minimum atomic E-state index is -0.377. The maximum atomic E-state index is 11.8. The number of allylic oxidation sites excluding steroid dienone is 6. The van der Waals surface area contributed by atoms with Gasteiger partial charge >= 0.3 is 0 Å². The van der Waals surface area contributed by atoms with Gasteiger partial charge in [0.05, 0.1) is 0 Å². The molecule has 15 heteroatoms. The van der Waals surface area contributed by atoms with E-state index in [1.54, 1.807) is 0 Å². The van der Waals surface area contributed by atoms with Crippen molar-refractivity contribution in [1.29, 1.82) is 0 Å². The number of aromatic nitrogens is 3. The molecule has 0 bridgehead atoms. The Kier molecular flexibility index (Phi) is 41.1. The van der Waals surface area contributed by atoms with Gasteiger partial charge in [-0.2, -0.15) is 51.6 Å². The number of carbonyl (C=O) groups excluding carboxylic acids is 3. The van der Waals surface area contributed by atoms with Crippen LogP contribution in [0.5, 0.6) is 34.9 Å². The fourth-order valence-electron chi connectivity index (χ4n) is 11.1. The van der Waals surface area contributed by atoms with Crippen molar-refractivity contribution < 1.29 is 104 Å². The van der Waals surface area contributed by atoms with Crippen LogP contribution in [0.2, 0.25) is 0 Å². The zero-order valence-electron chi connectivity index (χ0n) is 72.3. The Bertz CT molecular complexity index is 4480. The van der Waals surface area contributed by atoms with E-state index in [9.17, 15) is 29.7 Å². The molecule has 619 valence electrons. The van der Waals surface area contributed by atoms with Crippen LogP contribution in [0.25, 0.3) is 32.3 Å². The summed E-state index contributed by atoms with van der Waals surface area (Å²) in [7, 11) is 0. The van der Waals surface area contributed by atoms with E-state index in [1.807, 2.05) is 226 Å². The summed E-state index contributed by atoms with van der Waals surface area (Å²) in [5.74, 6) is 5.80. The zero-order chi connectivity index (χ0) is 82.3. The van der Waals surface area contributed by atoms with Gasteiger partial charge in [-0.15, -0.1) is 36.4 Å². The predicted octanol–water partition coefficient (Wildman–Crippen LogP) is 27.7. The van der Waals surface area contributed by atoms with Gasteiger partial charge in [0.1, 0.15) is 17.3 Å². The van der Waals surface area contributed by atoms with Gasteiger partial charge in [-0.05, 0) is 90.5 Å². The molecular weight excluding hydrogens is 1940 g/mol. The SMILES string of the molecule is CCC(C)(C)C(=O)C=C(O)C(C)(C)CC.CCC(C)(C)C(=O)C=C(O)C(C)(C)CC.CCC(C)(C)C(=O)C=C(O)C(C)(C)CC.Cc1[c-]c(Oc2cc3cc(C(C)C)ccc3cn2)cc(C)c1.Cc1[c-]c(Oc2cc3cc(C4CCCC4)ccc3cn2)cc(C)c1.Cc1[c-]c(Oc2cc3ccccc3cn2)cc(C)c1.[Ir].[Ir].[Ir]. The van der Waals surface area contributed by atoms with Crippen LogP contribution in [-0.4, -0.2) is 47.6 Å². The maximum absolute atomic E-state index is 11.8. The molecule has 113 heavy (non-hydrogen) atoms. The van der Waals surface area contributed by atoms with Crippen molar-refractivity contribution in [3.63, 3.8) is 0 Å². The normalized spacial score (nSPS) is 12.8. The number of benzene rings is 6. The number of rotatable bonds is 23. The van der Waals surface area contributed by atoms with Gasteiger partial charge in [-0.25, -0.2) is 15.0 Å². The molecule has 1 aliphatic rings. The monoisotopic (exact) mass is 2070 g/mol. The molecule has 0 atom stereocenters. The molecule has 0 saturated heterocycles. The number of aliphatic hydroxyl groups is 3. The first-order chi connectivity index (χ1) is 51.4. The standard InChI is InChI=1S/C22H22NO.C20H20NO.C17H14NO.3C13H24O2.3Ir/c1-15-9-16(2)11-21(10-15)24-22-13-20-12-18(17-5-3-4-6-17)7-8-19(20)14-23-22;1-13(2)16-5-6-17-12-21-20(11-18(17)10-16)22-19-8-14(3)7-15(4)9-19;1-12-7-13(2)9-16(8-12)19-17-10-14-5-3-4-6-15(14)11-18-17;3*1-7-12(3,4)10(14)9-11(15)13(5,6)8-2;;;/h7-10,12-14,17H,3-6H2,1-2H3;5-8,10-13H,1-4H3;3-8,10-11H,1-2H3;3*9,14H,7-8H2,1-6H3;;;/q3*-1;;;;;;. The van der Waals surface area contributed by atoms with E-state index < -0.39 is 0 Å². The first-order valence-corrected chi connectivity index (χ1v) is 39.5. The second-order valence-corrected chi connectivity index (χ2v) is 33.8. The third-order valence-corrected chi connectivity index (χ3v) is 21.7. The summed E-state index contributed by atoms with van der Waals surface area (Å²) in [5, 5.41) is 36.4. The van der Waals surface area contributed by atoms with Crippen LogP contribution in [0.4, 0.5) is 0 Å². The molecule has 1 aliphatic carbocycles. The Hall–Kier alpha value is -7.47. The summed E-state index contributed by atoms with van der Waals surface area (Å²) >= 11 is 0. The van der Waals surface area contributed by atoms with Gasteiger partial charge in [0.15, 0.2) is 17.3 Å². The quantitative estimate of drug-likeness (QED) is 0.0314. The Morgan fingerprint density at radius 2 is 0.690 bits per heavy atom. The third-order valence-electron chi connectivity index (χ3n) is 21.7. The Morgan fingerprint density at radius 1 is 0.398 bits per heavy atom. The zero-order valence-corrected chi connectivity index (χ0v) is 79.5. The number of ketones is 3. The van der Waals surface area contributed by atoms with Gasteiger partial charge in [0.25, 0.3) is 0 Å². The molecule has 3 aromatic heterocycles. The van der Waals surface area contributed by atoms with Crippen LogP contribution in [0.1, 0.15) is 259 Å². The number of nitrogens with zero attached hydrogens (tertiary/aromatic N) is 3. The molecule has 10 rings (SSSR count). The van der Waals surface area contributed by atoms with E-state index in [0.29, 0.717) is 35.1 Å². The van der Waals surface area contributed by atoms with Gasteiger partial charge in [-0.1, -0.05) is 254 Å². The molecule has 0 spiro atoms. The molecule has 3 N–H and O–H groups in total. The van der Waals surface area contributed by atoms with Gasteiger partial charge in [-0.3, -0.25) is 14.4 Å². The van der Waals surface area contributed by atoms with Gasteiger partial charge in [0, 0.05) is 181 Å². The average Bonchev–Trinajstić information content (AvgIpc) is 1.37. The van der Waals surface area contributed by atoms with Crippen LogP contribution in [0, 0.1) is 92.2 Å². The Labute approximate surface area is 718 Å². The van der Waals surface area contributed by atoms with E-state index in [4.69, 9.17) is 14.2 Å². The van der Waals surface area contributed by atoms with E-state index in [0.717, 1.165) is 105 Å². The van der Waals surface area contributed by atoms with Crippen molar-refractivity contribution >= 4 is 49.7 Å². The molecule has 9 aromatic rings. The van der Waals surface area contributed by atoms with Crippen molar-refractivity contribution in [1.82, 2.24) is 15.0 Å². The number of hydrogen-bond donors (Lipinski definition) is 3. The molecule has 1 saturated carbocycles. The minimum Gasteiger partial charge on any atom is -0.512 e. The van der Waals surface area contributed by atoms with Crippen molar-refractivity contribution in [2.24, 2.45) is 32.5 Å². The summed E-state index contributed by atoms with van der Waals surface area (Å²) in [6, 6.07) is 49.1. The molecule has 3 heterocycles. The number of aryl methyl sites for hydroxylation is 6. The van der Waals surface area contributed by atoms with Crippen molar-refractivity contribution in [2.45, 2.75) is 256 Å². The summed E-state index contributed by atoms with van der Waals surface area (Å²) < 4.78 is 17.6. The first kappa shape index (κ1) is 102. The average molecular weight is 2070 g/mol. The maximum Gasteiger partial charge on any atom is 0.217 e. The smallest absolute Gasteiger partial charge is 0.217 e. The van der Waals surface area contributed by atoms with Crippen LogP contribution in [0.3, 0.4) is 0 Å². The van der Waals surface area contributed by atoms with E-state index in [-0.39, 0.29) is 127 Å². The minimum absolute atomic E-state index is 0. The molecule has 1 fully saturated rings. The largest absolute Gasteiger partial charge is 0.512 e. The fraction of sp³-hybridized carbons (Fsp3) is 0.449. The number of carbonyl (C=O) groups is 3. The van der Waals surface area contributed by atoms with Crippen molar-refractivity contribution in [3.8, 4) is 34.9 Å². The Balaban J connectivity index is 0.000000463. The van der Waals surface area contributed by atoms with Crippen LogP contribution < -0.4 is 14.2 Å². The topological polar surface area (TPSA) is 178 Å². The molecule has 0 aliphatic heterocycles. The fourth-order valence-corrected chi connectivity index (χ4v) is 11.1. The molecule has 0 amide bonds. The summed E-state index contributed by atoms with van der Waals surface area (Å²) in [6.07, 6.45) is 19.9. The Morgan fingerprint density at radius 3 is 1.00 bits per heavy atom. The number of aliphatic hydroxyl groups excluding tert-OH is 3. The summed E-state index contributed by atoms with van der Waals surface area (Å²) in [6.45, 7) is 51.6. The summed E-state index contributed by atoms with van der Waals surface area (Å²) in [4.78, 5) is 48.7. The molecular formula is C98H128Ir3N3O9-3. The van der Waals surface area contributed by atoms with Gasteiger partial charge < -0.3 is 29.5 Å². The van der Waals surface area contributed by atoms with E-state index in [1.165, 1.54) is 66.0 Å².